The largest absolute Gasteiger partial charge is 0.293 e. The number of benzene rings is 1. The summed E-state index contributed by atoms with van der Waals surface area (Å²) in [6.07, 6.45) is 4.34. The van der Waals surface area contributed by atoms with Crippen molar-refractivity contribution in [2.75, 3.05) is 0 Å². The fourth-order valence-corrected chi connectivity index (χ4v) is 1.05. The standard InChI is InChI=1S/C9H5O/c10-9-6-5-7-3-1-2-4-8(7)9/h1-5H. The van der Waals surface area contributed by atoms with E-state index in [1.165, 1.54) is 0 Å². The summed E-state index contributed by atoms with van der Waals surface area (Å²) in [4.78, 5) is 10.9. The Kier molecular flexibility index (Phi) is 1.10. The molecule has 0 aliphatic heterocycles. The fraction of sp³-hybridized carbons (Fsp3) is 0. The molecular weight excluding hydrogens is 124 g/mol. The van der Waals surface area contributed by atoms with Crippen LogP contribution >= 0.6 is 0 Å². The molecule has 0 heterocycles. The third-order valence-corrected chi connectivity index (χ3v) is 1.56. The van der Waals surface area contributed by atoms with E-state index >= 15 is 0 Å². The highest BCUT2D eigenvalue weighted by Crippen LogP contribution is 2.21. The predicted octanol–water partition coefficient (Wildman–Crippen LogP) is 1.52. The Balaban J connectivity index is 2.61. The van der Waals surface area contributed by atoms with Crippen molar-refractivity contribution < 1.29 is 4.79 Å². The second-order valence-electron chi connectivity index (χ2n) is 2.21. The van der Waals surface area contributed by atoms with Crippen LogP contribution in [-0.2, 0) is 0 Å². The van der Waals surface area contributed by atoms with Crippen molar-refractivity contribution in [1.82, 2.24) is 0 Å². The van der Waals surface area contributed by atoms with Crippen molar-refractivity contribution in [1.29, 1.82) is 0 Å². The highest BCUT2D eigenvalue weighted by molar-refractivity contribution is 6.09. The lowest BCUT2D eigenvalue weighted by Crippen LogP contribution is -1.89. The van der Waals surface area contributed by atoms with Crippen molar-refractivity contribution in [3.05, 3.63) is 48.2 Å². The first-order chi connectivity index (χ1) is 4.88. The minimum atomic E-state index is -0.00407. The van der Waals surface area contributed by atoms with Crippen molar-refractivity contribution in [3.63, 3.8) is 0 Å². The van der Waals surface area contributed by atoms with Gasteiger partial charge in [0.1, 0.15) is 0 Å². The van der Waals surface area contributed by atoms with E-state index in [4.69, 9.17) is 0 Å². The zero-order valence-corrected chi connectivity index (χ0v) is 5.29. The Labute approximate surface area is 59.7 Å². The van der Waals surface area contributed by atoms with Gasteiger partial charge in [0.2, 0.25) is 0 Å². The van der Waals surface area contributed by atoms with Gasteiger partial charge in [0.05, 0.1) is 6.42 Å². The van der Waals surface area contributed by atoms with Crippen LogP contribution in [0.25, 0.3) is 0 Å². The number of Topliss-reactive ketones (excluding diaryl/α,β-unsaturated/α-hetero) is 1. The molecule has 0 unspecified atom stereocenters. The van der Waals surface area contributed by atoms with Gasteiger partial charge in [-0.1, -0.05) is 24.3 Å². The van der Waals surface area contributed by atoms with Gasteiger partial charge in [-0.2, -0.15) is 0 Å². The van der Waals surface area contributed by atoms with Crippen LogP contribution in [-0.4, -0.2) is 5.78 Å². The van der Waals surface area contributed by atoms with Crippen LogP contribution in [0.1, 0.15) is 15.9 Å². The van der Waals surface area contributed by atoms with Gasteiger partial charge in [-0.15, -0.1) is 0 Å². The molecule has 0 N–H and O–H groups in total. The SMILES string of the molecule is O=C1[C][CH]c2ccccc21. The number of ketones is 1. The molecule has 47 valence electrons. The third kappa shape index (κ3) is 0.670. The number of hydrogen-bond acceptors (Lipinski definition) is 1. The van der Waals surface area contributed by atoms with Crippen LogP contribution in [0.4, 0.5) is 0 Å². The maximum Gasteiger partial charge on any atom is 0.172 e. The molecule has 0 fully saturated rings. The molecule has 1 aromatic rings. The number of carbonyl (C=O) groups is 1. The minimum Gasteiger partial charge on any atom is -0.293 e. The molecule has 0 bridgehead atoms. The smallest absolute Gasteiger partial charge is 0.172 e. The van der Waals surface area contributed by atoms with E-state index in [1.54, 1.807) is 6.42 Å². The summed E-state index contributed by atoms with van der Waals surface area (Å²) >= 11 is 0. The van der Waals surface area contributed by atoms with Crippen LogP contribution < -0.4 is 0 Å². The lowest BCUT2D eigenvalue weighted by Gasteiger charge is -1.91. The Bertz CT molecular complexity index is 276. The molecule has 2 rings (SSSR count). The normalized spacial score (nSPS) is 15.4. The van der Waals surface area contributed by atoms with E-state index in [1.807, 2.05) is 24.3 Å². The summed E-state index contributed by atoms with van der Waals surface area (Å²) in [7, 11) is 0. The lowest BCUT2D eigenvalue weighted by molar-refractivity contribution is 0.103. The van der Waals surface area contributed by atoms with Crippen molar-refractivity contribution in [3.8, 4) is 0 Å². The molecule has 0 atom stereocenters. The van der Waals surface area contributed by atoms with E-state index in [0.717, 1.165) is 11.1 Å². The maximum absolute atomic E-state index is 10.9. The van der Waals surface area contributed by atoms with E-state index in [2.05, 4.69) is 6.42 Å². The Morgan fingerprint density at radius 3 is 2.80 bits per heavy atom. The maximum atomic E-state index is 10.9. The van der Waals surface area contributed by atoms with Gasteiger partial charge in [0, 0.05) is 12.0 Å². The van der Waals surface area contributed by atoms with Crippen molar-refractivity contribution in [2.45, 2.75) is 0 Å². The minimum absolute atomic E-state index is 0.00407. The average molecular weight is 129 g/mol. The topological polar surface area (TPSA) is 17.1 Å². The summed E-state index contributed by atoms with van der Waals surface area (Å²) in [5.41, 5.74) is 1.75. The highest BCUT2D eigenvalue weighted by atomic mass is 16.1. The highest BCUT2D eigenvalue weighted by Gasteiger charge is 2.18. The first kappa shape index (κ1) is 5.66. The van der Waals surface area contributed by atoms with Crippen molar-refractivity contribution in [2.24, 2.45) is 0 Å². The lowest BCUT2D eigenvalue weighted by atomic mass is 10.1. The van der Waals surface area contributed by atoms with Gasteiger partial charge in [0.15, 0.2) is 5.78 Å². The number of fused-ring (bicyclic) bond motifs is 1. The van der Waals surface area contributed by atoms with Gasteiger partial charge in [-0.3, -0.25) is 4.79 Å². The molecule has 3 radical (unpaired) electrons. The van der Waals surface area contributed by atoms with Gasteiger partial charge < -0.3 is 0 Å². The van der Waals surface area contributed by atoms with E-state index in [9.17, 15) is 4.79 Å². The Hall–Kier alpha value is -1.11. The second-order valence-corrected chi connectivity index (χ2v) is 2.21. The van der Waals surface area contributed by atoms with Gasteiger partial charge in [-0.05, 0) is 5.56 Å². The molecule has 1 aliphatic carbocycles. The third-order valence-electron chi connectivity index (χ3n) is 1.56. The monoisotopic (exact) mass is 129 g/mol. The molecule has 0 aromatic heterocycles. The van der Waals surface area contributed by atoms with Gasteiger partial charge in [-0.25, -0.2) is 0 Å². The predicted molar refractivity (Wildman–Crippen MR) is 37.4 cm³/mol. The zero-order chi connectivity index (χ0) is 6.97. The fourth-order valence-electron chi connectivity index (χ4n) is 1.05. The van der Waals surface area contributed by atoms with Crippen LogP contribution in [0.15, 0.2) is 24.3 Å². The summed E-state index contributed by atoms with van der Waals surface area (Å²) in [5, 5.41) is 0. The van der Waals surface area contributed by atoms with Crippen molar-refractivity contribution >= 4 is 5.78 Å². The van der Waals surface area contributed by atoms with E-state index in [-0.39, 0.29) is 5.78 Å². The van der Waals surface area contributed by atoms with E-state index in [0.29, 0.717) is 0 Å². The molecule has 10 heavy (non-hydrogen) atoms. The average Bonchev–Trinajstić information content (AvgIpc) is 2.34. The zero-order valence-electron chi connectivity index (χ0n) is 5.29. The molecule has 0 spiro atoms. The molecule has 1 aromatic carbocycles. The molecule has 1 aliphatic rings. The summed E-state index contributed by atoms with van der Waals surface area (Å²) in [6, 6.07) is 7.49. The first-order valence-electron chi connectivity index (χ1n) is 3.11. The summed E-state index contributed by atoms with van der Waals surface area (Å²) in [5.74, 6) is -0.00407. The van der Waals surface area contributed by atoms with Crippen LogP contribution in [0.2, 0.25) is 0 Å². The molecule has 0 saturated heterocycles. The first-order valence-corrected chi connectivity index (χ1v) is 3.11. The van der Waals surface area contributed by atoms with E-state index < -0.39 is 0 Å². The quantitative estimate of drug-likeness (QED) is 0.519. The second kappa shape index (κ2) is 1.94. The van der Waals surface area contributed by atoms with Gasteiger partial charge in [0.25, 0.3) is 0 Å². The van der Waals surface area contributed by atoms with Crippen LogP contribution in [0, 0.1) is 12.8 Å². The van der Waals surface area contributed by atoms with Gasteiger partial charge >= 0.3 is 0 Å². The van der Waals surface area contributed by atoms with Crippen LogP contribution in [0.3, 0.4) is 0 Å². The summed E-state index contributed by atoms with van der Waals surface area (Å²) in [6.45, 7) is 0. The van der Waals surface area contributed by atoms with Crippen LogP contribution in [0.5, 0.6) is 0 Å². The summed E-state index contributed by atoms with van der Waals surface area (Å²) < 4.78 is 0. The molecular formula is C9H5O. The molecule has 1 heteroatoms. The number of rotatable bonds is 0. The Morgan fingerprint density at radius 1 is 1.20 bits per heavy atom. The molecule has 0 saturated carbocycles. The Morgan fingerprint density at radius 2 is 2.00 bits per heavy atom. The number of hydrogen-bond donors (Lipinski definition) is 0. The number of carbonyl (C=O) groups excluding carboxylic acids is 1. The molecule has 1 nitrogen and oxygen atoms in total. The molecule has 0 amide bonds.